The van der Waals surface area contributed by atoms with Crippen LogP contribution in [0.4, 0.5) is 0 Å². The standard InChI is InChI=1S/C9H16O3/c1-9(2)3-6(4-12-9)8(10)7-5-11-7/h6-8,10H,3-5H2,1-2H3/t6-,7-,8+/m1/s1. The summed E-state index contributed by atoms with van der Waals surface area (Å²) in [7, 11) is 0. The highest BCUT2D eigenvalue weighted by Gasteiger charge is 2.43. The van der Waals surface area contributed by atoms with E-state index in [4.69, 9.17) is 9.47 Å². The van der Waals surface area contributed by atoms with Crippen molar-refractivity contribution in [3.05, 3.63) is 0 Å². The van der Waals surface area contributed by atoms with E-state index in [1.54, 1.807) is 0 Å². The van der Waals surface area contributed by atoms with Crippen LogP contribution in [-0.2, 0) is 9.47 Å². The third-order valence-corrected chi connectivity index (χ3v) is 2.66. The summed E-state index contributed by atoms with van der Waals surface area (Å²) in [6.45, 7) is 5.52. The van der Waals surface area contributed by atoms with Crippen LogP contribution < -0.4 is 0 Å². The van der Waals surface area contributed by atoms with Crippen LogP contribution in [0.15, 0.2) is 0 Å². The van der Waals surface area contributed by atoms with E-state index < -0.39 is 0 Å². The van der Waals surface area contributed by atoms with Crippen molar-refractivity contribution in [3.63, 3.8) is 0 Å². The Bertz CT molecular complexity index is 175. The number of rotatable bonds is 2. The summed E-state index contributed by atoms with van der Waals surface area (Å²) in [4.78, 5) is 0. The largest absolute Gasteiger partial charge is 0.390 e. The van der Waals surface area contributed by atoms with E-state index in [0.29, 0.717) is 6.61 Å². The molecule has 0 aromatic heterocycles. The van der Waals surface area contributed by atoms with E-state index in [0.717, 1.165) is 13.0 Å². The molecule has 0 aromatic rings. The lowest BCUT2D eigenvalue weighted by atomic mass is 9.92. The lowest BCUT2D eigenvalue weighted by molar-refractivity contribution is 0.0268. The number of epoxide rings is 1. The molecule has 0 spiro atoms. The molecular weight excluding hydrogens is 156 g/mol. The molecular formula is C9H16O3. The summed E-state index contributed by atoms with van der Waals surface area (Å²) in [5.41, 5.74) is -0.0550. The van der Waals surface area contributed by atoms with Gasteiger partial charge < -0.3 is 14.6 Å². The Balaban J connectivity index is 1.89. The summed E-state index contributed by atoms with van der Waals surface area (Å²) in [5, 5.41) is 9.72. The van der Waals surface area contributed by atoms with E-state index in [1.165, 1.54) is 0 Å². The van der Waals surface area contributed by atoms with Crippen LogP contribution in [0.1, 0.15) is 20.3 Å². The maximum absolute atomic E-state index is 9.72. The van der Waals surface area contributed by atoms with Crippen molar-refractivity contribution in [3.8, 4) is 0 Å². The second kappa shape index (κ2) is 2.69. The molecule has 2 heterocycles. The van der Waals surface area contributed by atoms with Crippen molar-refractivity contribution in [2.24, 2.45) is 5.92 Å². The van der Waals surface area contributed by atoms with Crippen LogP contribution in [0.2, 0.25) is 0 Å². The topological polar surface area (TPSA) is 42.0 Å². The monoisotopic (exact) mass is 172 g/mol. The molecule has 3 atom stereocenters. The summed E-state index contributed by atoms with van der Waals surface area (Å²) in [6.07, 6.45) is 0.716. The van der Waals surface area contributed by atoms with Gasteiger partial charge in [-0.25, -0.2) is 0 Å². The van der Waals surface area contributed by atoms with E-state index in [1.807, 2.05) is 0 Å². The second-order valence-electron chi connectivity index (χ2n) is 4.40. The Morgan fingerprint density at radius 2 is 2.08 bits per heavy atom. The van der Waals surface area contributed by atoms with Gasteiger partial charge in [0, 0.05) is 5.92 Å². The quantitative estimate of drug-likeness (QED) is 0.619. The Kier molecular flexibility index (Phi) is 1.90. The minimum absolute atomic E-state index is 0.0550. The van der Waals surface area contributed by atoms with Gasteiger partial charge in [-0.2, -0.15) is 0 Å². The number of aliphatic hydroxyl groups is 1. The summed E-state index contributed by atoms with van der Waals surface area (Å²) in [6, 6.07) is 0. The van der Waals surface area contributed by atoms with Gasteiger partial charge in [-0.05, 0) is 20.3 Å². The van der Waals surface area contributed by atoms with Gasteiger partial charge in [0.15, 0.2) is 0 Å². The predicted molar refractivity (Wildman–Crippen MR) is 43.9 cm³/mol. The van der Waals surface area contributed by atoms with Gasteiger partial charge in [-0.3, -0.25) is 0 Å². The molecule has 0 unspecified atom stereocenters. The Labute approximate surface area is 72.7 Å². The zero-order chi connectivity index (χ0) is 8.77. The van der Waals surface area contributed by atoms with Gasteiger partial charge in [-0.15, -0.1) is 0 Å². The minimum Gasteiger partial charge on any atom is -0.390 e. The van der Waals surface area contributed by atoms with Crippen molar-refractivity contribution >= 4 is 0 Å². The SMILES string of the molecule is CC1(C)C[C@@H]([C@H](O)[C@H]2CO2)CO1. The first-order valence-corrected chi connectivity index (χ1v) is 4.52. The van der Waals surface area contributed by atoms with Crippen molar-refractivity contribution < 1.29 is 14.6 Å². The fraction of sp³-hybridized carbons (Fsp3) is 1.00. The van der Waals surface area contributed by atoms with Crippen LogP contribution in [0.25, 0.3) is 0 Å². The Hall–Kier alpha value is -0.120. The molecule has 2 aliphatic heterocycles. The number of ether oxygens (including phenoxy) is 2. The van der Waals surface area contributed by atoms with E-state index >= 15 is 0 Å². The first-order valence-electron chi connectivity index (χ1n) is 4.52. The lowest BCUT2D eigenvalue weighted by Gasteiger charge is -2.17. The molecule has 70 valence electrons. The Morgan fingerprint density at radius 1 is 1.42 bits per heavy atom. The molecule has 0 aliphatic carbocycles. The third-order valence-electron chi connectivity index (χ3n) is 2.66. The maximum atomic E-state index is 9.72. The molecule has 0 bridgehead atoms. The average Bonchev–Trinajstić information content (AvgIpc) is 2.75. The predicted octanol–water partition coefficient (Wildman–Crippen LogP) is 0.561. The lowest BCUT2D eigenvalue weighted by Crippen LogP contribution is -2.27. The highest BCUT2D eigenvalue weighted by atomic mass is 16.6. The molecule has 2 fully saturated rings. The van der Waals surface area contributed by atoms with Crippen LogP contribution in [0.3, 0.4) is 0 Å². The minimum atomic E-state index is -0.313. The van der Waals surface area contributed by atoms with Gasteiger partial charge in [-0.1, -0.05) is 0 Å². The molecule has 2 rings (SSSR count). The summed E-state index contributed by atoms with van der Waals surface area (Å²) >= 11 is 0. The molecule has 2 aliphatic rings. The van der Waals surface area contributed by atoms with Gasteiger partial charge in [0.1, 0.15) is 6.10 Å². The first kappa shape index (κ1) is 8.48. The normalized spacial score (nSPS) is 41.2. The van der Waals surface area contributed by atoms with Gasteiger partial charge in [0.2, 0.25) is 0 Å². The Morgan fingerprint density at radius 3 is 2.50 bits per heavy atom. The van der Waals surface area contributed by atoms with Crippen LogP contribution >= 0.6 is 0 Å². The number of aliphatic hydroxyl groups excluding tert-OH is 1. The zero-order valence-electron chi connectivity index (χ0n) is 7.62. The molecule has 2 saturated heterocycles. The number of hydrogen-bond acceptors (Lipinski definition) is 3. The van der Waals surface area contributed by atoms with Crippen molar-refractivity contribution in [1.29, 1.82) is 0 Å². The fourth-order valence-corrected chi connectivity index (χ4v) is 1.86. The molecule has 0 amide bonds. The molecule has 0 aromatic carbocycles. The summed E-state index contributed by atoms with van der Waals surface area (Å²) < 4.78 is 10.6. The maximum Gasteiger partial charge on any atom is 0.107 e. The molecule has 0 radical (unpaired) electrons. The molecule has 3 nitrogen and oxygen atoms in total. The van der Waals surface area contributed by atoms with Crippen molar-refractivity contribution in [1.82, 2.24) is 0 Å². The van der Waals surface area contributed by atoms with Crippen molar-refractivity contribution in [2.45, 2.75) is 38.1 Å². The van der Waals surface area contributed by atoms with Gasteiger partial charge in [0.05, 0.1) is 24.9 Å². The fourth-order valence-electron chi connectivity index (χ4n) is 1.86. The van der Waals surface area contributed by atoms with Gasteiger partial charge >= 0.3 is 0 Å². The first-order chi connectivity index (χ1) is 5.58. The van der Waals surface area contributed by atoms with E-state index in [-0.39, 0.29) is 23.7 Å². The third kappa shape index (κ3) is 1.63. The molecule has 1 N–H and O–H groups in total. The van der Waals surface area contributed by atoms with Crippen molar-refractivity contribution in [2.75, 3.05) is 13.2 Å². The molecule has 0 saturated carbocycles. The van der Waals surface area contributed by atoms with E-state index in [2.05, 4.69) is 13.8 Å². The number of hydrogen-bond donors (Lipinski definition) is 1. The highest BCUT2D eigenvalue weighted by molar-refractivity contribution is 4.91. The van der Waals surface area contributed by atoms with E-state index in [9.17, 15) is 5.11 Å². The van der Waals surface area contributed by atoms with Gasteiger partial charge in [0.25, 0.3) is 0 Å². The molecule has 3 heteroatoms. The smallest absolute Gasteiger partial charge is 0.107 e. The molecule has 12 heavy (non-hydrogen) atoms. The average molecular weight is 172 g/mol. The zero-order valence-corrected chi connectivity index (χ0v) is 7.62. The van der Waals surface area contributed by atoms with Crippen LogP contribution in [0, 0.1) is 5.92 Å². The highest BCUT2D eigenvalue weighted by Crippen LogP contribution is 2.34. The van der Waals surface area contributed by atoms with Crippen LogP contribution in [-0.4, -0.2) is 36.1 Å². The summed E-state index contributed by atoms with van der Waals surface area (Å²) in [5.74, 6) is 0.271. The van der Waals surface area contributed by atoms with Crippen LogP contribution in [0.5, 0.6) is 0 Å². The second-order valence-corrected chi connectivity index (χ2v) is 4.40.